The summed E-state index contributed by atoms with van der Waals surface area (Å²) in [5.74, 6) is -0.202. The molecule has 1 heterocycles. The van der Waals surface area contributed by atoms with Gasteiger partial charge in [0.15, 0.2) is 0 Å². The van der Waals surface area contributed by atoms with Crippen molar-refractivity contribution in [2.24, 2.45) is 0 Å². The number of carbonyl (C=O) groups excluding carboxylic acids is 1. The van der Waals surface area contributed by atoms with E-state index in [0.717, 1.165) is 0 Å². The molecule has 1 saturated heterocycles. The Bertz CT molecular complexity index is 640. The molecule has 0 spiro atoms. The molecule has 0 atom stereocenters. The minimum Gasteiger partial charge on any atom is -0.289 e. The van der Waals surface area contributed by atoms with Crippen molar-refractivity contribution in [3.63, 3.8) is 0 Å². The number of nitrogens with zero attached hydrogens (tertiary/aromatic N) is 2. The fraction of sp³-hybridized carbons (Fsp3) is 0.0769. The molecule has 7 heteroatoms. The standard InChI is InChI=1S/C13H10N2O3S2/c1-2-6-14-12(16)11(20-13(14)19)8-9-4-3-5-10(7-9)15(17)18/h2-5,7-8H,1,6H2/b11-8+. The van der Waals surface area contributed by atoms with E-state index in [1.54, 1.807) is 24.3 Å². The highest BCUT2D eigenvalue weighted by atomic mass is 32.2. The Morgan fingerprint density at radius 1 is 1.50 bits per heavy atom. The smallest absolute Gasteiger partial charge is 0.270 e. The van der Waals surface area contributed by atoms with E-state index in [1.165, 1.54) is 28.8 Å². The maximum absolute atomic E-state index is 12.1. The third-order valence-corrected chi connectivity index (χ3v) is 3.94. The lowest BCUT2D eigenvalue weighted by Gasteiger charge is -2.10. The Labute approximate surface area is 125 Å². The first-order chi connectivity index (χ1) is 9.52. The van der Waals surface area contributed by atoms with Crippen LogP contribution in [0.5, 0.6) is 0 Å². The maximum atomic E-state index is 12.1. The number of benzene rings is 1. The van der Waals surface area contributed by atoms with Crippen LogP contribution >= 0.6 is 24.0 Å². The molecule has 1 aliphatic rings. The van der Waals surface area contributed by atoms with Crippen LogP contribution in [0.15, 0.2) is 41.8 Å². The van der Waals surface area contributed by atoms with Crippen molar-refractivity contribution in [2.45, 2.75) is 0 Å². The molecule has 5 nitrogen and oxygen atoms in total. The Balaban J connectivity index is 2.30. The van der Waals surface area contributed by atoms with Gasteiger partial charge in [0.25, 0.3) is 11.6 Å². The lowest BCUT2D eigenvalue weighted by molar-refractivity contribution is -0.384. The van der Waals surface area contributed by atoms with Crippen LogP contribution < -0.4 is 0 Å². The molecule has 1 aliphatic heterocycles. The van der Waals surface area contributed by atoms with Gasteiger partial charge in [-0.15, -0.1) is 6.58 Å². The summed E-state index contributed by atoms with van der Waals surface area (Å²) >= 11 is 6.30. The number of carbonyl (C=O) groups is 1. The molecule has 0 bridgehead atoms. The molecule has 0 aromatic heterocycles. The third kappa shape index (κ3) is 2.94. The van der Waals surface area contributed by atoms with Gasteiger partial charge in [0.05, 0.1) is 9.83 Å². The van der Waals surface area contributed by atoms with Gasteiger partial charge in [-0.25, -0.2) is 0 Å². The van der Waals surface area contributed by atoms with E-state index in [1.807, 2.05) is 0 Å². The van der Waals surface area contributed by atoms with E-state index in [-0.39, 0.29) is 11.6 Å². The van der Waals surface area contributed by atoms with Gasteiger partial charge in [0.2, 0.25) is 0 Å². The fourth-order valence-electron chi connectivity index (χ4n) is 1.67. The van der Waals surface area contributed by atoms with Crippen LogP contribution in [0.2, 0.25) is 0 Å². The zero-order valence-corrected chi connectivity index (χ0v) is 11.9. The van der Waals surface area contributed by atoms with Crippen LogP contribution in [-0.4, -0.2) is 26.6 Å². The Morgan fingerprint density at radius 3 is 2.90 bits per heavy atom. The number of thioether (sulfide) groups is 1. The molecule has 20 heavy (non-hydrogen) atoms. The van der Waals surface area contributed by atoms with Crippen molar-refractivity contribution in [3.8, 4) is 0 Å². The van der Waals surface area contributed by atoms with E-state index < -0.39 is 4.92 Å². The summed E-state index contributed by atoms with van der Waals surface area (Å²) in [4.78, 5) is 24.2. The van der Waals surface area contributed by atoms with E-state index in [2.05, 4.69) is 6.58 Å². The van der Waals surface area contributed by atoms with Crippen molar-refractivity contribution < 1.29 is 9.72 Å². The molecule has 1 fully saturated rings. The Kier molecular flexibility index (Phi) is 4.31. The minimum absolute atomic E-state index is 0.0136. The lowest BCUT2D eigenvalue weighted by atomic mass is 10.2. The number of amides is 1. The van der Waals surface area contributed by atoms with Gasteiger partial charge in [-0.2, -0.15) is 0 Å². The van der Waals surface area contributed by atoms with E-state index in [9.17, 15) is 14.9 Å². The molecular formula is C13H10N2O3S2. The molecule has 0 aliphatic carbocycles. The SMILES string of the molecule is C=CCN1C(=O)/C(=C\c2cccc([N+](=O)[O-])c2)SC1=S. The van der Waals surface area contributed by atoms with Gasteiger partial charge in [-0.1, -0.05) is 42.2 Å². The van der Waals surface area contributed by atoms with Crippen molar-refractivity contribution in [1.29, 1.82) is 0 Å². The van der Waals surface area contributed by atoms with E-state index in [0.29, 0.717) is 21.3 Å². The van der Waals surface area contributed by atoms with Gasteiger partial charge in [-0.05, 0) is 11.6 Å². The summed E-state index contributed by atoms with van der Waals surface area (Å²) in [7, 11) is 0. The second-order valence-electron chi connectivity index (χ2n) is 3.93. The monoisotopic (exact) mass is 306 g/mol. The summed E-state index contributed by atoms with van der Waals surface area (Å²) in [6.45, 7) is 3.93. The Morgan fingerprint density at radius 2 is 2.25 bits per heavy atom. The van der Waals surface area contributed by atoms with Gasteiger partial charge >= 0.3 is 0 Å². The van der Waals surface area contributed by atoms with Crippen LogP contribution in [0.3, 0.4) is 0 Å². The quantitative estimate of drug-likeness (QED) is 0.281. The second-order valence-corrected chi connectivity index (χ2v) is 5.61. The topological polar surface area (TPSA) is 63.5 Å². The van der Waals surface area contributed by atoms with E-state index >= 15 is 0 Å². The van der Waals surface area contributed by atoms with Gasteiger partial charge < -0.3 is 0 Å². The average molecular weight is 306 g/mol. The number of hydrogen-bond donors (Lipinski definition) is 0. The summed E-state index contributed by atoms with van der Waals surface area (Å²) in [5, 5.41) is 10.7. The minimum atomic E-state index is -0.472. The first kappa shape index (κ1) is 14.4. The zero-order valence-electron chi connectivity index (χ0n) is 10.3. The van der Waals surface area contributed by atoms with Crippen LogP contribution in [0, 0.1) is 10.1 Å². The number of rotatable bonds is 4. The lowest BCUT2D eigenvalue weighted by Crippen LogP contribution is -2.27. The van der Waals surface area contributed by atoms with Crippen molar-refractivity contribution in [1.82, 2.24) is 4.90 Å². The van der Waals surface area contributed by atoms with Crippen molar-refractivity contribution >= 4 is 46.0 Å². The molecule has 1 aromatic rings. The second kappa shape index (κ2) is 5.98. The highest BCUT2D eigenvalue weighted by Crippen LogP contribution is 2.32. The Hall–Kier alpha value is -1.99. The number of hydrogen-bond acceptors (Lipinski definition) is 5. The molecule has 102 valence electrons. The number of nitro benzene ring substituents is 1. The zero-order chi connectivity index (χ0) is 14.7. The predicted molar refractivity (Wildman–Crippen MR) is 83.2 cm³/mol. The summed E-state index contributed by atoms with van der Waals surface area (Å²) in [6, 6.07) is 6.10. The van der Waals surface area contributed by atoms with Crippen LogP contribution in [0.4, 0.5) is 5.69 Å². The molecular weight excluding hydrogens is 296 g/mol. The maximum Gasteiger partial charge on any atom is 0.270 e. The summed E-state index contributed by atoms with van der Waals surface area (Å²) in [6.07, 6.45) is 3.20. The highest BCUT2D eigenvalue weighted by Gasteiger charge is 2.30. The molecule has 1 aromatic carbocycles. The molecule has 0 radical (unpaired) electrons. The number of thiocarbonyl (C=S) groups is 1. The molecule has 2 rings (SSSR count). The van der Waals surface area contributed by atoms with Crippen LogP contribution in [-0.2, 0) is 4.79 Å². The average Bonchev–Trinajstić information content (AvgIpc) is 2.67. The predicted octanol–water partition coefficient (Wildman–Crippen LogP) is 2.98. The summed E-state index contributed by atoms with van der Waals surface area (Å²) < 4.78 is 0.464. The van der Waals surface area contributed by atoms with Crippen LogP contribution in [0.25, 0.3) is 6.08 Å². The normalized spacial score (nSPS) is 16.8. The fourth-order valence-corrected chi connectivity index (χ4v) is 2.94. The van der Waals surface area contributed by atoms with Gasteiger partial charge in [0, 0.05) is 18.7 Å². The van der Waals surface area contributed by atoms with Crippen molar-refractivity contribution in [3.05, 3.63) is 57.5 Å². The highest BCUT2D eigenvalue weighted by molar-refractivity contribution is 8.26. The van der Waals surface area contributed by atoms with E-state index in [4.69, 9.17) is 12.2 Å². The third-order valence-electron chi connectivity index (χ3n) is 2.56. The van der Waals surface area contributed by atoms with Crippen LogP contribution in [0.1, 0.15) is 5.56 Å². The number of nitro groups is 1. The first-order valence-corrected chi connectivity index (χ1v) is 6.86. The molecule has 0 unspecified atom stereocenters. The number of non-ortho nitro benzene ring substituents is 1. The van der Waals surface area contributed by atoms with Gasteiger partial charge in [-0.3, -0.25) is 19.8 Å². The molecule has 1 amide bonds. The largest absolute Gasteiger partial charge is 0.289 e. The van der Waals surface area contributed by atoms with Gasteiger partial charge in [0.1, 0.15) is 4.32 Å². The first-order valence-electron chi connectivity index (χ1n) is 5.63. The summed E-state index contributed by atoms with van der Waals surface area (Å²) in [5.41, 5.74) is 0.582. The van der Waals surface area contributed by atoms with Crippen molar-refractivity contribution in [2.75, 3.05) is 6.54 Å². The molecule has 0 N–H and O–H groups in total. The molecule has 0 saturated carbocycles.